The standard InChI is InChI=1S/C18H26FN3O3S/c1-15-6-8-20(9-7-15)14-18(23)21-10-12-22(13-11-21)26(24,25)17-4-2-16(19)3-5-17/h2-5,15H,6-14H2,1H3/p+1. The van der Waals surface area contributed by atoms with Crippen molar-refractivity contribution in [1.29, 1.82) is 0 Å². The summed E-state index contributed by atoms with van der Waals surface area (Å²) in [5.74, 6) is 0.386. The minimum atomic E-state index is -3.64. The van der Waals surface area contributed by atoms with E-state index in [0.717, 1.165) is 44.0 Å². The molecule has 0 bridgehead atoms. The Balaban J connectivity index is 1.53. The Morgan fingerprint density at radius 1 is 1.12 bits per heavy atom. The van der Waals surface area contributed by atoms with Crippen LogP contribution in [0.25, 0.3) is 0 Å². The summed E-state index contributed by atoms with van der Waals surface area (Å²) in [7, 11) is -3.64. The van der Waals surface area contributed by atoms with E-state index in [1.54, 1.807) is 4.90 Å². The van der Waals surface area contributed by atoms with E-state index >= 15 is 0 Å². The first-order chi connectivity index (χ1) is 12.4. The Morgan fingerprint density at radius 2 is 1.69 bits per heavy atom. The third-order valence-electron chi connectivity index (χ3n) is 5.43. The fourth-order valence-corrected chi connectivity index (χ4v) is 5.03. The van der Waals surface area contributed by atoms with Crippen molar-refractivity contribution in [2.45, 2.75) is 24.7 Å². The molecule has 0 atom stereocenters. The third-order valence-corrected chi connectivity index (χ3v) is 7.34. The Labute approximate surface area is 154 Å². The number of likely N-dealkylation sites (tertiary alicyclic amines) is 1. The van der Waals surface area contributed by atoms with E-state index in [4.69, 9.17) is 0 Å². The van der Waals surface area contributed by atoms with Gasteiger partial charge in [-0.3, -0.25) is 4.79 Å². The summed E-state index contributed by atoms with van der Waals surface area (Å²) in [5.41, 5.74) is 0. The Hall–Kier alpha value is -1.51. The summed E-state index contributed by atoms with van der Waals surface area (Å²) in [5, 5.41) is 0. The normalized spacial score (nSPS) is 25.2. The van der Waals surface area contributed by atoms with Gasteiger partial charge in [0.25, 0.3) is 5.91 Å². The zero-order chi connectivity index (χ0) is 18.7. The molecule has 1 aromatic rings. The van der Waals surface area contributed by atoms with E-state index in [-0.39, 0.29) is 23.9 Å². The number of sulfonamides is 1. The van der Waals surface area contributed by atoms with E-state index in [9.17, 15) is 17.6 Å². The van der Waals surface area contributed by atoms with Crippen LogP contribution in [0, 0.1) is 11.7 Å². The lowest BCUT2D eigenvalue weighted by molar-refractivity contribution is -0.898. The third kappa shape index (κ3) is 4.42. The van der Waals surface area contributed by atoms with Gasteiger partial charge < -0.3 is 9.80 Å². The number of quaternary nitrogens is 1. The van der Waals surface area contributed by atoms with Gasteiger partial charge in [-0.25, -0.2) is 12.8 Å². The van der Waals surface area contributed by atoms with Crippen LogP contribution in [0.4, 0.5) is 4.39 Å². The van der Waals surface area contributed by atoms with Gasteiger partial charge in [-0.15, -0.1) is 0 Å². The Morgan fingerprint density at radius 3 is 2.27 bits per heavy atom. The number of hydrogen-bond donors (Lipinski definition) is 1. The Bertz CT molecular complexity index is 723. The maximum atomic E-state index is 13.0. The number of halogens is 1. The molecule has 1 amide bonds. The van der Waals surface area contributed by atoms with E-state index in [2.05, 4.69) is 6.92 Å². The summed E-state index contributed by atoms with van der Waals surface area (Å²) in [6.07, 6.45) is 2.32. The van der Waals surface area contributed by atoms with Crippen molar-refractivity contribution in [3.63, 3.8) is 0 Å². The van der Waals surface area contributed by atoms with Crippen LogP contribution >= 0.6 is 0 Å². The van der Waals surface area contributed by atoms with E-state index < -0.39 is 15.8 Å². The molecule has 0 spiro atoms. The SMILES string of the molecule is CC1CC[NH+](CC(=O)N2CCN(S(=O)(=O)c3ccc(F)cc3)CC2)CC1. The van der Waals surface area contributed by atoms with Crippen LogP contribution in [0.1, 0.15) is 19.8 Å². The molecule has 6 nitrogen and oxygen atoms in total. The van der Waals surface area contributed by atoms with Crippen LogP contribution in [-0.4, -0.2) is 69.3 Å². The summed E-state index contributed by atoms with van der Waals surface area (Å²) in [4.78, 5) is 15.7. The quantitative estimate of drug-likeness (QED) is 0.793. The van der Waals surface area contributed by atoms with Crippen molar-refractivity contribution in [3.05, 3.63) is 30.1 Å². The second-order valence-electron chi connectivity index (χ2n) is 7.35. The van der Waals surface area contributed by atoms with Crippen molar-refractivity contribution in [1.82, 2.24) is 9.21 Å². The molecule has 26 heavy (non-hydrogen) atoms. The van der Waals surface area contributed by atoms with Gasteiger partial charge >= 0.3 is 0 Å². The van der Waals surface area contributed by atoms with E-state index in [1.165, 1.54) is 21.3 Å². The topological polar surface area (TPSA) is 62.1 Å². The van der Waals surface area contributed by atoms with Crippen molar-refractivity contribution in [2.24, 2.45) is 5.92 Å². The molecule has 0 aliphatic carbocycles. The lowest BCUT2D eigenvalue weighted by Gasteiger charge is -2.35. The first-order valence-corrected chi connectivity index (χ1v) is 10.7. The van der Waals surface area contributed by atoms with Crippen LogP contribution in [0.2, 0.25) is 0 Å². The monoisotopic (exact) mass is 384 g/mol. The second-order valence-corrected chi connectivity index (χ2v) is 9.29. The second kappa shape index (κ2) is 8.02. The van der Waals surface area contributed by atoms with Gasteiger partial charge in [0.2, 0.25) is 10.0 Å². The largest absolute Gasteiger partial charge is 0.335 e. The van der Waals surface area contributed by atoms with Crippen LogP contribution in [0.3, 0.4) is 0 Å². The maximum absolute atomic E-state index is 13.0. The molecule has 1 N–H and O–H groups in total. The van der Waals surface area contributed by atoms with Gasteiger partial charge in [-0.2, -0.15) is 4.31 Å². The highest BCUT2D eigenvalue weighted by Crippen LogP contribution is 2.18. The fraction of sp³-hybridized carbons (Fsp3) is 0.611. The maximum Gasteiger partial charge on any atom is 0.277 e. The molecule has 2 aliphatic rings. The van der Waals surface area contributed by atoms with Crippen molar-refractivity contribution in [3.8, 4) is 0 Å². The number of rotatable bonds is 4. The van der Waals surface area contributed by atoms with Crippen LogP contribution < -0.4 is 4.90 Å². The highest BCUT2D eigenvalue weighted by atomic mass is 32.2. The molecule has 0 radical (unpaired) electrons. The average Bonchev–Trinajstić information content (AvgIpc) is 2.64. The molecule has 0 saturated carbocycles. The molecule has 0 aromatic heterocycles. The molecule has 144 valence electrons. The lowest BCUT2D eigenvalue weighted by Crippen LogP contribution is -3.14. The molecule has 3 rings (SSSR count). The number of benzene rings is 1. The zero-order valence-electron chi connectivity index (χ0n) is 15.2. The molecule has 2 aliphatic heterocycles. The molecule has 2 heterocycles. The molecular weight excluding hydrogens is 357 g/mol. The molecule has 1 aromatic carbocycles. The summed E-state index contributed by atoms with van der Waals surface area (Å²) in [6, 6.07) is 4.86. The van der Waals surface area contributed by atoms with Crippen molar-refractivity contribution >= 4 is 15.9 Å². The fourth-order valence-electron chi connectivity index (χ4n) is 3.61. The summed E-state index contributed by atoms with van der Waals surface area (Å²) in [6.45, 7) is 6.18. The lowest BCUT2D eigenvalue weighted by atomic mass is 9.99. The van der Waals surface area contributed by atoms with Crippen molar-refractivity contribution in [2.75, 3.05) is 45.8 Å². The van der Waals surface area contributed by atoms with Crippen LogP contribution in [-0.2, 0) is 14.8 Å². The number of nitrogens with zero attached hydrogens (tertiary/aromatic N) is 2. The highest BCUT2D eigenvalue weighted by molar-refractivity contribution is 7.89. The summed E-state index contributed by atoms with van der Waals surface area (Å²) < 4.78 is 39.6. The number of carbonyl (C=O) groups excluding carboxylic acids is 1. The zero-order valence-corrected chi connectivity index (χ0v) is 16.0. The number of piperazine rings is 1. The number of nitrogens with one attached hydrogen (secondary N) is 1. The number of piperidine rings is 1. The highest BCUT2D eigenvalue weighted by Gasteiger charge is 2.31. The van der Waals surface area contributed by atoms with Gasteiger partial charge in [0.1, 0.15) is 5.82 Å². The van der Waals surface area contributed by atoms with Gasteiger partial charge in [0.15, 0.2) is 6.54 Å². The van der Waals surface area contributed by atoms with Gasteiger partial charge in [0.05, 0.1) is 18.0 Å². The van der Waals surface area contributed by atoms with Crippen LogP contribution in [0.15, 0.2) is 29.2 Å². The number of carbonyl (C=O) groups is 1. The first-order valence-electron chi connectivity index (χ1n) is 9.23. The number of hydrogen-bond acceptors (Lipinski definition) is 3. The van der Waals surface area contributed by atoms with Crippen LogP contribution in [0.5, 0.6) is 0 Å². The molecular formula is C18H27FN3O3S+. The molecule has 0 unspecified atom stereocenters. The van der Waals surface area contributed by atoms with E-state index in [0.29, 0.717) is 19.6 Å². The van der Waals surface area contributed by atoms with Gasteiger partial charge in [-0.05, 0) is 43.0 Å². The molecule has 2 fully saturated rings. The minimum Gasteiger partial charge on any atom is -0.335 e. The first kappa shape index (κ1) is 19.3. The predicted molar refractivity (Wildman–Crippen MR) is 95.7 cm³/mol. The molecule has 8 heteroatoms. The Kier molecular flexibility index (Phi) is 5.94. The smallest absolute Gasteiger partial charge is 0.277 e. The van der Waals surface area contributed by atoms with Gasteiger partial charge in [-0.1, -0.05) is 6.92 Å². The van der Waals surface area contributed by atoms with Crippen molar-refractivity contribution < 1.29 is 22.5 Å². The van der Waals surface area contributed by atoms with Gasteiger partial charge in [0, 0.05) is 26.2 Å². The molecule has 2 saturated heterocycles. The predicted octanol–water partition coefficient (Wildman–Crippen LogP) is -0.0266. The minimum absolute atomic E-state index is 0.0885. The number of amides is 1. The average molecular weight is 384 g/mol. The van der Waals surface area contributed by atoms with E-state index in [1.807, 2.05) is 0 Å². The summed E-state index contributed by atoms with van der Waals surface area (Å²) >= 11 is 0.